The van der Waals surface area contributed by atoms with Crippen LogP contribution in [-0.4, -0.2) is 46.1 Å². The minimum atomic E-state index is -0.801. The van der Waals surface area contributed by atoms with E-state index in [0.29, 0.717) is 0 Å². The first-order valence-electron chi connectivity index (χ1n) is 10.7. The Morgan fingerprint density at radius 1 is 0.700 bits per heavy atom. The number of aliphatic hydroxyl groups is 1. The van der Waals surface area contributed by atoms with Gasteiger partial charge in [-0.05, 0) is 53.8 Å². The fourth-order valence-electron chi connectivity index (χ4n) is 3.98. The van der Waals surface area contributed by atoms with Crippen LogP contribution in [0.2, 0.25) is 0 Å². The maximum atomic E-state index is 10.1. The lowest BCUT2D eigenvalue weighted by Crippen LogP contribution is -2.45. The second-order valence-corrected chi connectivity index (χ2v) is 8.74. The van der Waals surface area contributed by atoms with E-state index in [2.05, 4.69) is 63.3 Å². The van der Waals surface area contributed by atoms with Crippen molar-refractivity contribution in [2.75, 3.05) is 26.2 Å². The van der Waals surface area contributed by atoms with Gasteiger partial charge < -0.3 is 5.11 Å². The summed E-state index contributed by atoms with van der Waals surface area (Å²) in [6.45, 7) is 10.1. The number of rotatable bonds is 6. The molecule has 0 amide bonds. The molecule has 2 heterocycles. The number of benzene rings is 2. The van der Waals surface area contributed by atoms with Crippen LogP contribution in [0, 0.1) is 0 Å². The van der Waals surface area contributed by atoms with E-state index in [4.69, 9.17) is 0 Å². The molecule has 1 aliphatic heterocycles. The summed E-state index contributed by atoms with van der Waals surface area (Å²) in [7, 11) is 0. The van der Waals surface area contributed by atoms with Crippen LogP contribution in [0.3, 0.4) is 0 Å². The Morgan fingerprint density at radius 2 is 1.13 bits per heavy atom. The fourth-order valence-corrected chi connectivity index (χ4v) is 3.98. The minimum Gasteiger partial charge on any atom is -0.386 e. The number of aromatic nitrogens is 1. The smallest absolute Gasteiger partial charge is 0.0840 e. The average molecular weight is 402 g/mol. The fraction of sp³-hybridized carbons (Fsp3) is 0.346. The van der Waals surface area contributed by atoms with Crippen molar-refractivity contribution in [1.29, 1.82) is 0 Å². The third kappa shape index (κ3) is 5.33. The summed E-state index contributed by atoms with van der Waals surface area (Å²) in [6, 6.07) is 21.3. The van der Waals surface area contributed by atoms with Crippen molar-refractivity contribution in [1.82, 2.24) is 14.8 Å². The minimum absolute atomic E-state index is 0.801. The molecule has 0 spiro atoms. The van der Waals surface area contributed by atoms with Crippen molar-refractivity contribution in [2.24, 2.45) is 0 Å². The molecule has 1 N–H and O–H groups in total. The molecule has 0 saturated carbocycles. The van der Waals surface area contributed by atoms with Gasteiger partial charge in [0.2, 0.25) is 0 Å². The summed E-state index contributed by atoms with van der Waals surface area (Å²) in [6.07, 6.45) is 3.74. The maximum Gasteiger partial charge on any atom is 0.0840 e. The Kier molecular flexibility index (Phi) is 6.28. The quantitative estimate of drug-likeness (QED) is 0.669. The zero-order chi connectivity index (χ0) is 21.0. The van der Waals surface area contributed by atoms with Gasteiger partial charge in [0.1, 0.15) is 0 Å². The van der Waals surface area contributed by atoms with Crippen molar-refractivity contribution < 1.29 is 5.11 Å². The molecule has 0 radical (unpaired) electrons. The Hall–Kier alpha value is -2.53. The SMILES string of the molecule is CC(C)(O)c1ccc(-c2ccc(CN3CCN(Cc4ccncc4)CC3)cc2)cc1. The lowest BCUT2D eigenvalue weighted by molar-refractivity contribution is 0.0786. The van der Waals surface area contributed by atoms with Crippen molar-refractivity contribution in [2.45, 2.75) is 32.5 Å². The van der Waals surface area contributed by atoms with Gasteiger partial charge in [0.05, 0.1) is 5.60 Å². The summed E-state index contributed by atoms with van der Waals surface area (Å²) in [5, 5.41) is 10.1. The highest BCUT2D eigenvalue weighted by Crippen LogP contribution is 2.25. The summed E-state index contributed by atoms with van der Waals surface area (Å²) in [4.78, 5) is 9.16. The van der Waals surface area contributed by atoms with Gasteiger partial charge in [0.15, 0.2) is 0 Å². The van der Waals surface area contributed by atoms with Crippen LogP contribution in [-0.2, 0) is 18.7 Å². The van der Waals surface area contributed by atoms with E-state index in [0.717, 1.165) is 44.8 Å². The van der Waals surface area contributed by atoms with E-state index in [-0.39, 0.29) is 0 Å². The Balaban J connectivity index is 1.30. The largest absolute Gasteiger partial charge is 0.386 e. The van der Waals surface area contributed by atoms with Gasteiger partial charge >= 0.3 is 0 Å². The van der Waals surface area contributed by atoms with E-state index >= 15 is 0 Å². The number of hydrogen-bond donors (Lipinski definition) is 1. The maximum absolute atomic E-state index is 10.1. The molecule has 1 saturated heterocycles. The molecule has 156 valence electrons. The van der Waals surface area contributed by atoms with Crippen LogP contribution < -0.4 is 0 Å². The normalized spacial score (nSPS) is 16.0. The standard InChI is InChI=1S/C26H31N3O/c1-26(2,30)25-9-7-24(8-10-25)23-5-3-21(4-6-23)19-28-15-17-29(18-16-28)20-22-11-13-27-14-12-22/h3-14,30H,15-20H2,1-2H3. The highest BCUT2D eigenvalue weighted by atomic mass is 16.3. The van der Waals surface area contributed by atoms with Crippen LogP contribution in [0.15, 0.2) is 73.1 Å². The van der Waals surface area contributed by atoms with E-state index in [9.17, 15) is 5.11 Å². The van der Waals surface area contributed by atoms with Gasteiger partial charge in [0, 0.05) is 51.7 Å². The molecule has 30 heavy (non-hydrogen) atoms. The second-order valence-electron chi connectivity index (χ2n) is 8.74. The van der Waals surface area contributed by atoms with E-state index in [1.54, 1.807) is 0 Å². The highest BCUT2D eigenvalue weighted by molar-refractivity contribution is 5.64. The molecule has 0 aliphatic carbocycles. The first-order chi connectivity index (χ1) is 14.5. The number of hydrogen-bond acceptors (Lipinski definition) is 4. The molecule has 0 bridgehead atoms. The molecule has 1 fully saturated rings. The molecule has 0 atom stereocenters. The predicted octanol–water partition coefficient (Wildman–Crippen LogP) is 4.29. The molecule has 4 rings (SSSR count). The Morgan fingerprint density at radius 3 is 1.60 bits per heavy atom. The molecule has 1 aliphatic rings. The van der Waals surface area contributed by atoms with Crippen LogP contribution in [0.25, 0.3) is 11.1 Å². The van der Waals surface area contributed by atoms with Gasteiger partial charge in [-0.15, -0.1) is 0 Å². The molecular formula is C26H31N3O. The van der Waals surface area contributed by atoms with Gasteiger partial charge in [0.25, 0.3) is 0 Å². The summed E-state index contributed by atoms with van der Waals surface area (Å²) in [5.74, 6) is 0. The average Bonchev–Trinajstić information content (AvgIpc) is 2.76. The molecule has 3 aromatic rings. The van der Waals surface area contributed by atoms with E-state index in [1.165, 1.54) is 22.3 Å². The van der Waals surface area contributed by atoms with Crippen molar-refractivity contribution in [3.63, 3.8) is 0 Å². The second kappa shape index (κ2) is 9.09. The molecule has 2 aromatic carbocycles. The molecule has 1 aromatic heterocycles. The van der Waals surface area contributed by atoms with Crippen LogP contribution in [0.1, 0.15) is 30.5 Å². The van der Waals surface area contributed by atoms with Crippen molar-refractivity contribution in [3.8, 4) is 11.1 Å². The van der Waals surface area contributed by atoms with Crippen molar-refractivity contribution in [3.05, 3.63) is 89.7 Å². The molecule has 4 nitrogen and oxygen atoms in total. The van der Waals surface area contributed by atoms with Gasteiger partial charge in [-0.3, -0.25) is 14.8 Å². The topological polar surface area (TPSA) is 39.6 Å². The van der Waals surface area contributed by atoms with Crippen LogP contribution in [0.4, 0.5) is 0 Å². The Labute approximate surface area is 179 Å². The van der Waals surface area contributed by atoms with E-state index in [1.807, 2.05) is 38.4 Å². The zero-order valence-corrected chi connectivity index (χ0v) is 18.0. The predicted molar refractivity (Wildman–Crippen MR) is 122 cm³/mol. The van der Waals surface area contributed by atoms with Crippen LogP contribution >= 0.6 is 0 Å². The lowest BCUT2D eigenvalue weighted by Gasteiger charge is -2.34. The summed E-state index contributed by atoms with van der Waals surface area (Å²) < 4.78 is 0. The van der Waals surface area contributed by atoms with Gasteiger partial charge in [-0.2, -0.15) is 0 Å². The van der Waals surface area contributed by atoms with Gasteiger partial charge in [-0.25, -0.2) is 0 Å². The number of pyridine rings is 1. The molecule has 0 unspecified atom stereocenters. The third-order valence-electron chi connectivity index (χ3n) is 5.91. The number of nitrogens with zero attached hydrogens (tertiary/aromatic N) is 3. The van der Waals surface area contributed by atoms with Gasteiger partial charge in [-0.1, -0.05) is 48.5 Å². The third-order valence-corrected chi connectivity index (χ3v) is 5.91. The number of piperazine rings is 1. The first kappa shape index (κ1) is 20.7. The summed E-state index contributed by atoms with van der Waals surface area (Å²) >= 11 is 0. The van der Waals surface area contributed by atoms with Crippen molar-refractivity contribution >= 4 is 0 Å². The Bertz CT molecular complexity index is 923. The van der Waals surface area contributed by atoms with Crippen LogP contribution in [0.5, 0.6) is 0 Å². The molecule has 4 heteroatoms. The summed E-state index contributed by atoms with van der Waals surface area (Å²) in [5.41, 5.74) is 5.22. The lowest BCUT2D eigenvalue weighted by atomic mass is 9.95. The molecular weight excluding hydrogens is 370 g/mol. The first-order valence-corrected chi connectivity index (χ1v) is 10.7. The zero-order valence-electron chi connectivity index (χ0n) is 18.0. The van der Waals surface area contributed by atoms with E-state index < -0.39 is 5.60 Å². The monoisotopic (exact) mass is 401 g/mol. The highest BCUT2D eigenvalue weighted by Gasteiger charge is 2.17.